The number of carbonyl (C=O) groups excluding carboxylic acids is 2. The molecular formula is C15H23N5O3. The van der Waals surface area contributed by atoms with Crippen LogP contribution < -0.4 is 5.32 Å². The van der Waals surface area contributed by atoms with E-state index in [-0.39, 0.29) is 18.4 Å². The second kappa shape index (κ2) is 6.29. The molecule has 0 radical (unpaired) electrons. The summed E-state index contributed by atoms with van der Waals surface area (Å²) >= 11 is 0. The van der Waals surface area contributed by atoms with Crippen molar-refractivity contribution >= 4 is 11.8 Å². The number of carbonyl (C=O) groups is 2. The van der Waals surface area contributed by atoms with Gasteiger partial charge in [0.15, 0.2) is 0 Å². The van der Waals surface area contributed by atoms with E-state index in [9.17, 15) is 9.59 Å². The van der Waals surface area contributed by atoms with E-state index in [4.69, 9.17) is 4.74 Å². The van der Waals surface area contributed by atoms with Gasteiger partial charge in [0.2, 0.25) is 11.8 Å². The van der Waals surface area contributed by atoms with Crippen molar-refractivity contribution in [3.05, 3.63) is 18.0 Å². The molecule has 2 amide bonds. The fourth-order valence-corrected chi connectivity index (χ4v) is 3.03. The molecule has 0 bridgehead atoms. The van der Waals surface area contributed by atoms with Crippen molar-refractivity contribution in [1.29, 1.82) is 0 Å². The minimum atomic E-state index is -0.560. The summed E-state index contributed by atoms with van der Waals surface area (Å²) in [6.07, 6.45) is 3.68. The van der Waals surface area contributed by atoms with Gasteiger partial charge in [-0.1, -0.05) is 0 Å². The Labute approximate surface area is 135 Å². The van der Waals surface area contributed by atoms with Crippen LogP contribution in [0.3, 0.4) is 0 Å². The zero-order valence-corrected chi connectivity index (χ0v) is 13.6. The minimum absolute atomic E-state index is 0.0205. The molecule has 8 heteroatoms. The Kier molecular flexibility index (Phi) is 4.36. The highest BCUT2D eigenvalue weighted by molar-refractivity contribution is 5.86. The number of nitrogens with zero attached hydrogens (tertiary/aromatic N) is 4. The fraction of sp³-hybridized carbons (Fsp3) is 0.667. The van der Waals surface area contributed by atoms with Crippen LogP contribution in [0.4, 0.5) is 0 Å². The molecule has 126 valence electrons. The Morgan fingerprint density at radius 2 is 2.30 bits per heavy atom. The minimum Gasteiger partial charge on any atom is -0.367 e. The van der Waals surface area contributed by atoms with Crippen molar-refractivity contribution < 1.29 is 14.3 Å². The molecule has 3 rings (SSSR count). The largest absolute Gasteiger partial charge is 0.367 e. The Bertz CT molecular complexity index is 602. The topological polar surface area (TPSA) is 79.7 Å². The SMILES string of the molecule is Cn1cc([C@@]2(C)CN(C(=O)CN3CCNCC3=O)CCO2)cn1. The van der Waals surface area contributed by atoms with Crippen LogP contribution >= 0.6 is 0 Å². The number of ether oxygens (including phenoxy) is 1. The lowest BCUT2D eigenvalue weighted by Gasteiger charge is -2.41. The van der Waals surface area contributed by atoms with E-state index in [1.54, 1.807) is 20.7 Å². The molecule has 3 heterocycles. The molecule has 0 saturated carbocycles. The highest BCUT2D eigenvalue weighted by atomic mass is 16.5. The summed E-state index contributed by atoms with van der Waals surface area (Å²) in [5, 5.41) is 7.19. The molecule has 1 aromatic rings. The number of piperazine rings is 1. The maximum atomic E-state index is 12.6. The van der Waals surface area contributed by atoms with E-state index in [1.807, 2.05) is 20.2 Å². The van der Waals surface area contributed by atoms with Crippen LogP contribution in [0.5, 0.6) is 0 Å². The fourth-order valence-electron chi connectivity index (χ4n) is 3.03. The van der Waals surface area contributed by atoms with E-state index in [1.165, 1.54) is 0 Å². The van der Waals surface area contributed by atoms with Crippen molar-refractivity contribution in [2.75, 3.05) is 45.9 Å². The second-order valence-electron chi connectivity index (χ2n) is 6.29. The number of morpholine rings is 1. The van der Waals surface area contributed by atoms with Crippen LogP contribution in [0, 0.1) is 0 Å². The van der Waals surface area contributed by atoms with E-state index in [0.717, 1.165) is 12.1 Å². The van der Waals surface area contributed by atoms with Crippen molar-refractivity contribution in [2.45, 2.75) is 12.5 Å². The Morgan fingerprint density at radius 3 is 3.00 bits per heavy atom. The molecule has 2 aliphatic rings. The molecular weight excluding hydrogens is 298 g/mol. The van der Waals surface area contributed by atoms with Crippen molar-refractivity contribution in [2.24, 2.45) is 7.05 Å². The predicted octanol–water partition coefficient (Wildman–Crippen LogP) is -1.07. The maximum Gasteiger partial charge on any atom is 0.242 e. The molecule has 2 fully saturated rings. The summed E-state index contributed by atoms with van der Waals surface area (Å²) in [5.74, 6) is -0.0495. The van der Waals surface area contributed by atoms with E-state index in [2.05, 4.69) is 10.4 Å². The van der Waals surface area contributed by atoms with Gasteiger partial charge in [-0.15, -0.1) is 0 Å². The number of nitrogens with one attached hydrogen (secondary N) is 1. The summed E-state index contributed by atoms with van der Waals surface area (Å²) in [7, 11) is 1.86. The van der Waals surface area contributed by atoms with Gasteiger partial charge in [-0.3, -0.25) is 14.3 Å². The average molecular weight is 321 g/mol. The summed E-state index contributed by atoms with van der Waals surface area (Å²) < 4.78 is 7.64. The Hall–Kier alpha value is -1.93. The predicted molar refractivity (Wildman–Crippen MR) is 82.5 cm³/mol. The van der Waals surface area contributed by atoms with Crippen LogP contribution in [0.25, 0.3) is 0 Å². The van der Waals surface area contributed by atoms with Crippen molar-refractivity contribution in [3.63, 3.8) is 0 Å². The molecule has 1 atom stereocenters. The van der Waals surface area contributed by atoms with Crippen molar-refractivity contribution in [3.8, 4) is 0 Å². The first-order valence-electron chi connectivity index (χ1n) is 7.87. The molecule has 23 heavy (non-hydrogen) atoms. The molecule has 1 N–H and O–H groups in total. The molecule has 8 nitrogen and oxygen atoms in total. The highest BCUT2D eigenvalue weighted by Gasteiger charge is 2.37. The maximum absolute atomic E-state index is 12.6. The zero-order chi connectivity index (χ0) is 16.4. The van der Waals surface area contributed by atoms with Crippen LogP contribution in [-0.4, -0.2) is 77.3 Å². The standard InChI is InChI=1S/C15H23N5O3/c1-15(12-7-17-18(2)9-12)11-20(5-6-23-15)14(22)10-19-4-3-16-8-13(19)21/h7,9,16H,3-6,8,10-11H2,1-2H3/t15-/m1/s1. The number of hydrogen-bond acceptors (Lipinski definition) is 5. The van der Waals surface area contributed by atoms with Crippen LogP contribution in [0.2, 0.25) is 0 Å². The summed E-state index contributed by atoms with van der Waals surface area (Å²) in [5.41, 5.74) is 0.395. The molecule has 0 unspecified atom stereocenters. The van der Waals surface area contributed by atoms with Gasteiger partial charge in [0, 0.05) is 38.4 Å². The summed E-state index contributed by atoms with van der Waals surface area (Å²) in [6.45, 7) is 5.23. The van der Waals surface area contributed by atoms with Gasteiger partial charge in [-0.2, -0.15) is 5.10 Å². The lowest BCUT2D eigenvalue weighted by Crippen LogP contribution is -2.55. The number of hydrogen-bond donors (Lipinski definition) is 1. The number of aromatic nitrogens is 2. The number of amides is 2. The third-order valence-electron chi connectivity index (χ3n) is 4.46. The number of rotatable bonds is 3. The van der Waals surface area contributed by atoms with Crippen LogP contribution in [0.15, 0.2) is 12.4 Å². The van der Waals surface area contributed by atoms with Gasteiger partial charge in [0.1, 0.15) is 5.60 Å². The second-order valence-corrected chi connectivity index (χ2v) is 6.29. The molecule has 2 aliphatic heterocycles. The Morgan fingerprint density at radius 1 is 1.48 bits per heavy atom. The average Bonchev–Trinajstić information content (AvgIpc) is 2.97. The van der Waals surface area contributed by atoms with Gasteiger partial charge < -0.3 is 19.9 Å². The van der Waals surface area contributed by atoms with Gasteiger partial charge in [-0.05, 0) is 6.92 Å². The first-order chi connectivity index (χ1) is 11.0. The first kappa shape index (κ1) is 15.9. The van der Waals surface area contributed by atoms with Gasteiger partial charge in [-0.25, -0.2) is 0 Å². The normalized spacial score (nSPS) is 25.7. The van der Waals surface area contributed by atoms with Crippen molar-refractivity contribution in [1.82, 2.24) is 24.9 Å². The lowest BCUT2D eigenvalue weighted by molar-refractivity contribution is -0.153. The molecule has 0 aliphatic carbocycles. The van der Waals surface area contributed by atoms with E-state index in [0.29, 0.717) is 32.8 Å². The van der Waals surface area contributed by atoms with E-state index >= 15 is 0 Å². The van der Waals surface area contributed by atoms with Crippen LogP contribution in [-0.2, 0) is 27.0 Å². The van der Waals surface area contributed by atoms with Gasteiger partial charge in [0.05, 0.1) is 32.4 Å². The molecule has 2 saturated heterocycles. The first-order valence-corrected chi connectivity index (χ1v) is 7.87. The van der Waals surface area contributed by atoms with E-state index < -0.39 is 5.60 Å². The summed E-state index contributed by atoms with van der Waals surface area (Å²) in [6, 6.07) is 0. The quantitative estimate of drug-likeness (QED) is 0.766. The van der Waals surface area contributed by atoms with Gasteiger partial charge in [0.25, 0.3) is 0 Å². The third kappa shape index (κ3) is 3.37. The van der Waals surface area contributed by atoms with Gasteiger partial charge >= 0.3 is 0 Å². The third-order valence-corrected chi connectivity index (χ3v) is 4.46. The highest BCUT2D eigenvalue weighted by Crippen LogP contribution is 2.29. The summed E-state index contributed by atoms with van der Waals surface area (Å²) in [4.78, 5) is 27.8. The lowest BCUT2D eigenvalue weighted by atomic mass is 9.97. The zero-order valence-electron chi connectivity index (χ0n) is 13.6. The Balaban J connectivity index is 1.65. The number of aryl methyl sites for hydroxylation is 1. The molecule has 1 aromatic heterocycles. The molecule has 0 aromatic carbocycles. The molecule has 0 spiro atoms. The monoisotopic (exact) mass is 321 g/mol. The van der Waals surface area contributed by atoms with Crippen LogP contribution in [0.1, 0.15) is 12.5 Å². The smallest absolute Gasteiger partial charge is 0.242 e.